The van der Waals surface area contributed by atoms with Gasteiger partial charge >= 0.3 is 0 Å². The van der Waals surface area contributed by atoms with Crippen LogP contribution >= 0.6 is 11.3 Å². The van der Waals surface area contributed by atoms with Gasteiger partial charge in [-0.25, -0.2) is 12.7 Å². The molecule has 0 unspecified atom stereocenters. The van der Waals surface area contributed by atoms with Gasteiger partial charge in [-0.15, -0.1) is 11.3 Å². The second-order valence-electron chi connectivity index (χ2n) is 5.28. The lowest BCUT2D eigenvalue weighted by Crippen LogP contribution is -2.34. The van der Waals surface area contributed by atoms with Crippen LogP contribution in [0, 0.1) is 0 Å². The number of thiophene rings is 1. The van der Waals surface area contributed by atoms with E-state index < -0.39 is 10.0 Å². The molecule has 0 amide bonds. The normalized spacial score (nSPS) is 18.4. The molecular weight excluding hydrogens is 324 g/mol. The van der Waals surface area contributed by atoms with Crippen LogP contribution in [0.5, 0.6) is 0 Å². The third kappa shape index (κ3) is 3.72. The lowest BCUT2D eigenvalue weighted by atomic mass is 10.4. The van der Waals surface area contributed by atoms with Crippen LogP contribution in [0.25, 0.3) is 10.7 Å². The number of rotatable bonds is 4. The minimum atomic E-state index is -3.11. The number of hydrogen-bond acceptors (Lipinski definition) is 7. The van der Waals surface area contributed by atoms with Gasteiger partial charge in [0.15, 0.2) is 0 Å². The minimum Gasteiger partial charge on any atom is -0.338 e. The summed E-state index contributed by atoms with van der Waals surface area (Å²) in [6, 6.07) is 3.90. The standard InChI is InChI=1S/C13H18N4O3S2/c1-22(18,19)17-6-3-5-16(7-8-17)10-12-14-13(15-20-12)11-4-2-9-21-11/h2,4,9H,3,5-8,10H2,1H3. The maximum atomic E-state index is 11.6. The molecule has 120 valence electrons. The van der Waals surface area contributed by atoms with Crippen LogP contribution in [0.3, 0.4) is 0 Å². The summed E-state index contributed by atoms with van der Waals surface area (Å²) in [7, 11) is -3.11. The van der Waals surface area contributed by atoms with E-state index in [1.165, 1.54) is 10.6 Å². The maximum absolute atomic E-state index is 11.6. The molecule has 1 saturated heterocycles. The first-order valence-electron chi connectivity index (χ1n) is 7.06. The molecule has 0 aromatic carbocycles. The predicted octanol–water partition coefficient (Wildman–Crippen LogP) is 1.27. The Morgan fingerprint density at radius 1 is 1.32 bits per heavy atom. The number of hydrogen-bond donors (Lipinski definition) is 0. The van der Waals surface area contributed by atoms with Crippen molar-refractivity contribution < 1.29 is 12.9 Å². The van der Waals surface area contributed by atoms with Crippen molar-refractivity contribution >= 4 is 21.4 Å². The first-order valence-corrected chi connectivity index (χ1v) is 9.79. The molecule has 1 aliphatic rings. The van der Waals surface area contributed by atoms with Crippen LogP contribution in [0.15, 0.2) is 22.0 Å². The Labute approximate surface area is 133 Å². The first-order chi connectivity index (χ1) is 10.5. The molecule has 22 heavy (non-hydrogen) atoms. The van der Waals surface area contributed by atoms with E-state index in [2.05, 4.69) is 15.0 Å². The molecule has 0 saturated carbocycles. The van der Waals surface area contributed by atoms with Crippen LogP contribution in [0.1, 0.15) is 12.3 Å². The van der Waals surface area contributed by atoms with Crippen molar-refractivity contribution in [1.82, 2.24) is 19.3 Å². The van der Waals surface area contributed by atoms with Crippen molar-refractivity contribution in [1.29, 1.82) is 0 Å². The topological polar surface area (TPSA) is 79.5 Å². The maximum Gasteiger partial charge on any atom is 0.241 e. The molecular formula is C13H18N4O3S2. The average Bonchev–Trinajstić information content (AvgIpc) is 3.06. The minimum absolute atomic E-state index is 0.505. The molecule has 0 atom stereocenters. The van der Waals surface area contributed by atoms with E-state index in [0.717, 1.165) is 17.8 Å². The van der Waals surface area contributed by atoms with E-state index in [1.54, 1.807) is 11.3 Å². The first kappa shape index (κ1) is 15.6. The Kier molecular flexibility index (Phi) is 4.57. The van der Waals surface area contributed by atoms with Crippen LogP contribution in [0.4, 0.5) is 0 Å². The zero-order valence-electron chi connectivity index (χ0n) is 12.3. The predicted molar refractivity (Wildman–Crippen MR) is 83.9 cm³/mol. The molecule has 7 nitrogen and oxygen atoms in total. The number of sulfonamides is 1. The third-order valence-electron chi connectivity index (χ3n) is 3.59. The van der Waals surface area contributed by atoms with E-state index >= 15 is 0 Å². The number of aromatic nitrogens is 2. The van der Waals surface area contributed by atoms with Gasteiger partial charge in [-0.2, -0.15) is 4.98 Å². The molecule has 9 heteroatoms. The molecule has 0 N–H and O–H groups in total. The molecule has 1 fully saturated rings. The summed E-state index contributed by atoms with van der Waals surface area (Å²) in [6.07, 6.45) is 2.06. The smallest absolute Gasteiger partial charge is 0.241 e. The summed E-state index contributed by atoms with van der Waals surface area (Å²) < 4.78 is 30.0. The van der Waals surface area contributed by atoms with Crippen molar-refractivity contribution in [3.05, 3.63) is 23.4 Å². The van der Waals surface area contributed by atoms with Crippen molar-refractivity contribution in [3.63, 3.8) is 0 Å². The summed E-state index contributed by atoms with van der Waals surface area (Å²) >= 11 is 1.57. The largest absolute Gasteiger partial charge is 0.338 e. The van der Waals surface area contributed by atoms with E-state index in [0.29, 0.717) is 37.9 Å². The summed E-state index contributed by atoms with van der Waals surface area (Å²) in [6.45, 7) is 3.12. The molecule has 3 rings (SSSR count). The van der Waals surface area contributed by atoms with Crippen LogP contribution in [-0.2, 0) is 16.6 Å². The Bertz CT molecular complexity index is 711. The molecule has 0 spiro atoms. The Morgan fingerprint density at radius 3 is 2.91 bits per heavy atom. The SMILES string of the molecule is CS(=O)(=O)N1CCCN(Cc2nc(-c3cccs3)no2)CC1. The van der Waals surface area contributed by atoms with Crippen molar-refractivity contribution in [2.45, 2.75) is 13.0 Å². The molecule has 2 aromatic heterocycles. The highest BCUT2D eigenvalue weighted by atomic mass is 32.2. The van der Waals surface area contributed by atoms with Crippen molar-refractivity contribution in [2.24, 2.45) is 0 Å². The van der Waals surface area contributed by atoms with E-state index in [-0.39, 0.29) is 0 Å². The lowest BCUT2D eigenvalue weighted by Gasteiger charge is -2.18. The molecule has 0 radical (unpaired) electrons. The Hall–Kier alpha value is -1.29. The van der Waals surface area contributed by atoms with E-state index in [4.69, 9.17) is 4.52 Å². The molecule has 1 aliphatic heterocycles. The number of nitrogens with zero attached hydrogens (tertiary/aromatic N) is 4. The molecule has 0 bridgehead atoms. The zero-order valence-corrected chi connectivity index (χ0v) is 13.9. The monoisotopic (exact) mass is 342 g/mol. The van der Waals surface area contributed by atoms with Gasteiger partial charge in [0.1, 0.15) is 0 Å². The van der Waals surface area contributed by atoms with Crippen molar-refractivity contribution in [3.8, 4) is 10.7 Å². The fourth-order valence-corrected chi connectivity index (χ4v) is 3.98. The van der Waals surface area contributed by atoms with Crippen LogP contribution in [0.2, 0.25) is 0 Å². The summed E-state index contributed by atoms with van der Waals surface area (Å²) in [4.78, 5) is 7.53. The third-order valence-corrected chi connectivity index (χ3v) is 5.75. The van der Waals surface area contributed by atoms with Gasteiger partial charge in [-0.05, 0) is 24.4 Å². The highest BCUT2D eigenvalue weighted by Crippen LogP contribution is 2.21. The van der Waals surface area contributed by atoms with Crippen LogP contribution < -0.4 is 0 Å². The average molecular weight is 342 g/mol. The van der Waals surface area contributed by atoms with Crippen molar-refractivity contribution in [2.75, 3.05) is 32.4 Å². The summed E-state index contributed by atoms with van der Waals surface area (Å²) in [5.41, 5.74) is 0. The Balaban J connectivity index is 1.62. The van der Waals surface area contributed by atoms with E-state index in [1.807, 2.05) is 17.5 Å². The fraction of sp³-hybridized carbons (Fsp3) is 0.538. The highest BCUT2D eigenvalue weighted by Gasteiger charge is 2.22. The van der Waals surface area contributed by atoms with Gasteiger partial charge in [0, 0.05) is 19.6 Å². The fourth-order valence-electron chi connectivity index (χ4n) is 2.45. The quantitative estimate of drug-likeness (QED) is 0.832. The van der Waals surface area contributed by atoms with Gasteiger partial charge < -0.3 is 4.52 Å². The Morgan fingerprint density at radius 2 is 2.18 bits per heavy atom. The van der Waals surface area contributed by atoms with E-state index in [9.17, 15) is 8.42 Å². The van der Waals surface area contributed by atoms with Gasteiger partial charge in [0.05, 0.1) is 17.7 Å². The van der Waals surface area contributed by atoms with Crippen LogP contribution in [-0.4, -0.2) is 60.2 Å². The molecule has 2 aromatic rings. The van der Waals surface area contributed by atoms with Gasteiger partial charge in [0.2, 0.25) is 21.7 Å². The highest BCUT2D eigenvalue weighted by molar-refractivity contribution is 7.88. The zero-order chi connectivity index (χ0) is 15.6. The lowest BCUT2D eigenvalue weighted by molar-refractivity contribution is 0.236. The van der Waals surface area contributed by atoms with Gasteiger partial charge in [-0.3, -0.25) is 4.90 Å². The molecule has 0 aliphatic carbocycles. The van der Waals surface area contributed by atoms with Gasteiger partial charge in [0.25, 0.3) is 0 Å². The second kappa shape index (κ2) is 6.45. The molecule has 3 heterocycles. The summed E-state index contributed by atoms with van der Waals surface area (Å²) in [5.74, 6) is 1.17. The second-order valence-corrected chi connectivity index (χ2v) is 8.21. The van der Waals surface area contributed by atoms with Gasteiger partial charge in [-0.1, -0.05) is 11.2 Å². The summed E-state index contributed by atoms with van der Waals surface area (Å²) in [5, 5.41) is 5.97.